The van der Waals surface area contributed by atoms with Crippen LogP contribution in [0.2, 0.25) is 0 Å². The molecule has 34 heavy (non-hydrogen) atoms. The molecule has 0 bridgehead atoms. The minimum absolute atomic E-state index is 0.116. The van der Waals surface area contributed by atoms with Crippen LogP contribution >= 0.6 is 7.37 Å². The van der Waals surface area contributed by atoms with Crippen molar-refractivity contribution in [1.29, 1.82) is 0 Å². The second kappa shape index (κ2) is 8.46. The predicted molar refractivity (Wildman–Crippen MR) is 132 cm³/mol. The molecule has 9 heteroatoms. The van der Waals surface area contributed by atoms with Crippen LogP contribution in [0.15, 0.2) is 67.1 Å². The summed E-state index contributed by atoms with van der Waals surface area (Å²) in [6.07, 6.45) is 9.97. The Labute approximate surface area is 197 Å². The molecule has 0 N–H and O–H groups in total. The number of fused-ring (bicyclic) bond motifs is 2. The van der Waals surface area contributed by atoms with Gasteiger partial charge in [0.2, 0.25) is 13.0 Å². The average molecular weight is 472 g/mol. The van der Waals surface area contributed by atoms with E-state index in [4.69, 9.17) is 9.51 Å². The topological polar surface area (TPSA) is 87.2 Å². The van der Waals surface area contributed by atoms with Crippen LogP contribution in [0.25, 0.3) is 28.1 Å². The summed E-state index contributed by atoms with van der Waals surface area (Å²) in [4.78, 5) is 9.28. The van der Waals surface area contributed by atoms with Crippen LogP contribution in [-0.4, -0.2) is 42.1 Å². The lowest BCUT2D eigenvalue weighted by Gasteiger charge is -2.23. The first-order valence-electron chi connectivity index (χ1n) is 11.5. The largest absolute Gasteiger partial charge is 0.328 e. The van der Waals surface area contributed by atoms with Crippen LogP contribution in [0, 0.1) is 0 Å². The Morgan fingerprint density at radius 3 is 2.71 bits per heavy atom. The van der Waals surface area contributed by atoms with Gasteiger partial charge in [-0.25, -0.2) is 14.6 Å². The van der Waals surface area contributed by atoms with Crippen LogP contribution in [-0.2, 0) is 15.6 Å². The fourth-order valence-electron chi connectivity index (χ4n) is 4.90. The molecule has 1 aliphatic rings. The van der Waals surface area contributed by atoms with Crippen molar-refractivity contribution in [2.75, 3.05) is 7.11 Å². The normalized spacial score (nSPS) is 16.4. The summed E-state index contributed by atoms with van der Waals surface area (Å²) in [6, 6.07) is 16.0. The number of aromatic nitrogens is 6. The fraction of sp³-hybridized carbons (Fsp3) is 0.280. The van der Waals surface area contributed by atoms with Gasteiger partial charge in [0, 0.05) is 41.5 Å². The van der Waals surface area contributed by atoms with Crippen molar-refractivity contribution < 1.29 is 9.09 Å². The number of hydrogen-bond acceptors (Lipinski definition) is 6. The molecule has 0 radical (unpaired) electrons. The van der Waals surface area contributed by atoms with Gasteiger partial charge in [-0.15, -0.1) is 5.10 Å². The molecule has 0 spiro atoms. The summed E-state index contributed by atoms with van der Waals surface area (Å²) in [7, 11) is -1.30. The molecule has 1 aliphatic carbocycles. The van der Waals surface area contributed by atoms with E-state index >= 15 is 0 Å². The van der Waals surface area contributed by atoms with E-state index in [0.29, 0.717) is 17.8 Å². The highest BCUT2D eigenvalue weighted by Gasteiger charge is 2.37. The SMILES string of the molecule is COP(=O)(c1ccc(-c2cnc3nnn(Cc4ccc5cccn5c4)c3n2)cc1)C1CCCC1. The molecule has 1 saturated carbocycles. The van der Waals surface area contributed by atoms with Gasteiger partial charge in [-0.1, -0.05) is 36.3 Å². The fourth-order valence-corrected chi connectivity index (χ4v) is 7.44. The minimum atomic E-state index is -2.86. The standard InChI is InChI=1S/C25H25N6O2P/c1-33-34(32,21-6-2-3-7-21)22-12-9-19(10-13-22)23-15-26-24-25(27-23)31(29-28-24)17-18-8-11-20-5-4-14-30(20)16-18/h4-5,8-16,21H,2-3,6-7,17H2,1H3. The van der Waals surface area contributed by atoms with Gasteiger partial charge in [0.15, 0.2) is 5.65 Å². The maximum Gasteiger partial charge on any atom is 0.234 e. The van der Waals surface area contributed by atoms with E-state index in [2.05, 4.69) is 44.1 Å². The highest BCUT2D eigenvalue weighted by Crippen LogP contribution is 2.55. The second-order valence-electron chi connectivity index (χ2n) is 8.79. The maximum absolute atomic E-state index is 13.6. The van der Waals surface area contributed by atoms with Crippen molar-refractivity contribution in [3.05, 3.63) is 72.7 Å². The second-order valence-corrected chi connectivity index (χ2v) is 11.6. The van der Waals surface area contributed by atoms with Crippen molar-refractivity contribution >= 4 is 29.5 Å². The lowest BCUT2D eigenvalue weighted by molar-refractivity contribution is 0.392. The summed E-state index contributed by atoms with van der Waals surface area (Å²) in [5, 5.41) is 9.23. The van der Waals surface area contributed by atoms with Gasteiger partial charge in [0.1, 0.15) is 0 Å². The molecule has 1 unspecified atom stereocenters. The third-order valence-corrected chi connectivity index (χ3v) is 9.78. The molecule has 0 amide bonds. The molecule has 1 fully saturated rings. The highest BCUT2D eigenvalue weighted by molar-refractivity contribution is 7.67. The highest BCUT2D eigenvalue weighted by atomic mass is 31.2. The first-order chi connectivity index (χ1) is 16.6. The third kappa shape index (κ3) is 3.63. The summed E-state index contributed by atoms with van der Waals surface area (Å²) < 4.78 is 23.0. The van der Waals surface area contributed by atoms with Gasteiger partial charge in [0.05, 0.1) is 18.4 Å². The Balaban J connectivity index is 1.30. The van der Waals surface area contributed by atoms with E-state index in [1.165, 1.54) is 0 Å². The van der Waals surface area contributed by atoms with Gasteiger partial charge in [0.25, 0.3) is 0 Å². The smallest absolute Gasteiger partial charge is 0.234 e. The molecular weight excluding hydrogens is 447 g/mol. The molecule has 1 atom stereocenters. The van der Waals surface area contributed by atoms with Crippen molar-refractivity contribution in [1.82, 2.24) is 29.4 Å². The van der Waals surface area contributed by atoms with Crippen molar-refractivity contribution in [2.24, 2.45) is 0 Å². The number of nitrogens with zero attached hydrogens (tertiary/aromatic N) is 6. The van der Waals surface area contributed by atoms with Crippen LogP contribution in [0.1, 0.15) is 31.2 Å². The maximum atomic E-state index is 13.6. The first kappa shape index (κ1) is 21.2. The Hall–Kier alpha value is -3.35. The Morgan fingerprint density at radius 2 is 1.91 bits per heavy atom. The van der Waals surface area contributed by atoms with Gasteiger partial charge < -0.3 is 8.92 Å². The van der Waals surface area contributed by atoms with Gasteiger partial charge in [-0.2, -0.15) is 0 Å². The molecule has 0 saturated heterocycles. The van der Waals surface area contributed by atoms with E-state index in [-0.39, 0.29) is 5.66 Å². The van der Waals surface area contributed by atoms with E-state index in [0.717, 1.165) is 53.3 Å². The summed E-state index contributed by atoms with van der Waals surface area (Å²) >= 11 is 0. The van der Waals surface area contributed by atoms with Gasteiger partial charge >= 0.3 is 0 Å². The Kier molecular flexibility index (Phi) is 5.27. The quantitative estimate of drug-likeness (QED) is 0.334. The molecular formula is C25H25N6O2P. The minimum Gasteiger partial charge on any atom is -0.328 e. The number of hydrogen-bond donors (Lipinski definition) is 0. The molecule has 5 aromatic rings. The molecule has 4 heterocycles. The van der Waals surface area contributed by atoms with Crippen LogP contribution in [0.5, 0.6) is 0 Å². The molecule has 1 aromatic carbocycles. The first-order valence-corrected chi connectivity index (χ1v) is 13.2. The van der Waals surface area contributed by atoms with E-state index in [1.54, 1.807) is 18.0 Å². The van der Waals surface area contributed by atoms with E-state index in [9.17, 15) is 4.57 Å². The lowest BCUT2D eigenvalue weighted by atomic mass is 10.2. The van der Waals surface area contributed by atoms with Crippen molar-refractivity contribution in [2.45, 2.75) is 37.9 Å². The van der Waals surface area contributed by atoms with E-state index < -0.39 is 7.37 Å². The Morgan fingerprint density at radius 1 is 1.09 bits per heavy atom. The predicted octanol–water partition coefficient (Wildman–Crippen LogP) is 4.68. The average Bonchev–Trinajstić information content (AvgIpc) is 3.65. The van der Waals surface area contributed by atoms with Gasteiger partial charge in [-0.3, -0.25) is 4.57 Å². The summed E-state index contributed by atoms with van der Waals surface area (Å²) in [6.45, 7) is 0.542. The third-order valence-electron chi connectivity index (χ3n) is 6.74. The van der Waals surface area contributed by atoms with Crippen molar-refractivity contribution in [3.8, 4) is 11.3 Å². The van der Waals surface area contributed by atoms with Crippen molar-refractivity contribution in [3.63, 3.8) is 0 Å². The monoisotopic (exact) mass is 472 g/mol. The molecule has 0 aliphatic heterocycles. The zero-order valence-corrected chi connectivity index (χ0v) is 19.8. The van der Waals surface area contributed by atoms with E-state index in [1.807, 2.05) is 36.5 Å². The molecule has 8 nitrogen and oxygen atoms in total. The number of pyridine rings is 1. The van der Waals surface area contributed by atoms with Crippen LogP contribution in [0.3, 0.4) is 0 Å². The van der Waals surface area contributed by atoms with Crippen LogP contribution in [0.4, 0.5) is 0 Å². The lowest BCUT2D eigenvalue weighted by Crippen LogP contribution is -2.16. The summed E-state index contributed by atoms with van der Waals surface area (Å²) in [5.41, 5.74) is 5.10. The Bertz CT molecular complexity index is 1520. The van der Waals surface area contributed by atoms with Crippen LogP contribution < -0.4 is 5.30 Å². The van der Waals surface area contributed by atoms with Gasteiger partial charge in [-0.05, 0) is 48.7 Å². The number of benzene rings is 1. The summed E-state index contributed by atoms with van der Waals surface area (Å²) in [5.74, 6) is 0. The molecule has 172 valence electrons. The molecule has 4 aromatic heterocycles. The molecule has 6 rings (SSSR count). The zero-order chi connectivity index (χ0) is 23.1. The zero-order valence-electron chi connectivity index (χ0n) is 18.9. The number of rotatable bonds is 6.